The van der Waals surface area contributed by atoms with Crippen LogP contribution in [0.4, 0.5) is 0 Å². The topological polar surface area (TPSA) is 246 Å². The molecule has 0 aliphatic heterocycles. The molecule has 2 aromatic carbocycles. The minimum atomic E-state index is -5.30. The second kappa shape index (κ2) is 13.5. The number of nitrogens with one attached hydrogen (secondary N) is 4. The van der Waals surface area contributed by atoms with E-state index in [0.717, 1.165) is 5.56 Å². The highest BCUT2D eigenvalue weighted by Gasteiger charge is 2.40. The Morgan fingerprint density at radius 3 is 2.00 bits per heavy atom. The van der Waals surface area contributed by atoms with E-state index in [2.05, 4.69) is 10.9 Å². The lowest BCUT2D eigenvalue weighted by atomic mass is 10.1. The summed E-state index contributed by atoms with van der Waals surface area (Å²) < 4.78 is 12.0. The van der Waals surface area contributed by atoms with Gasteiger partial charge in [0.1, 0.15) is 17.8 Å². The number of benzene rings is 2. The van der Waals surface area contributed by atoms with Gasteiger partial charge < -0.3 is 37.0 Å². The molecule has 11 N–H and O–H groups in total. The number of primary amides is 2. The number of phenols is 1. The number of carbonyl (C=O) groups is 4. The molecule has 14 nitrogen and oxygen atoms in total. The number of carbonyl (C=O) groups excluding carboxylic acids is 4. The number of nitrogens with two attached hydrogens (primary N) is 2. The summed E-state index contributed by atoms with van der Waals surface area (Å²) >= 11 is 0. The molecule has 3 atom stereocenters. The molecule has 4 amide bonds. The Bertz CT molecular complexity index is 1140. The first-order chi connectivity index (χ1) is 17.4. The maximum absolute atomic E-state index is 13.1. The molecular formula is C22H29N6O8P. The van der Waals surface area contributed by atoms with Crippen LogP contribution >= 0.6 is 7.60 Å². The molecule has 0 heterocycles. The fourth-order valence-electron chi connectivity index (χ4n) is 3.16. The van der Waals surface area contributed by atoms with E-state index < -0.39 is 55.5 Å². The fourth-order valence-corrected chi connectivity index (χ4v) is 3.84. The molecule has 0 aliphatic rings. The van der Waals surface area contributed by atoms with Crippen molar-refractivity contribution in [2.75, 3.05) is 0 Å². The number of hydrogen-bond donors (Lipinski definition) is 9. The zero-order valence-corrected chi connectivity index (χ0v) is 20.4. The lowest BCUT2D eigenvalue weighted by Crippen LogP contribution is -2.57. The van der Waals surface area contributed by atoms with Crippen molar-refractivity contribution in [1.82, 2.24) is 21.5 Å². The van der Waals surface area contributed by atoms with Crippen LogP contribution in [0.1, 0.15) is 17.5 Å². The van der Waals surface area contributed by atoms with Crippen molar-refractivity contribution in [3.63, 3.8) is 0 Å². The predicted molar refractivity (Wildman–Crippen MR) is 131 cm³/mol. The van der Waals surface area contributed by atoms with Gasteiger partial charge in [-0.15, -0.1) is 0 Å². The number of amides is 4. The Kier molecular flexibility index (Phi) is 10.7. The Morgan fingerprint density at radius 2 is 1.46 bits per heavy atom. The van der Waals surface area contributed by atoms with Gasteiger partial charge in [-0.2, -0.15) is 0 Å². The monoisotopic (exact) mass is 536 g/mol. The number of hydrogen-bond acceptors (Lipinski definition) is 8. The zero-order chi connectivity index (χ0) is 27.6. The molecule has 200 valence electrons. The van der Waals surface area contributed by atoms with Gasteiger partial charge >= 0.3 is 7.60 Å². The average molecular weight is 536 g/mol. The third-order valence-corrected chi connectivity index (χ3v) is 6.07. The van der Waals surface area contributed by atoms with Crippen LogP contribution < -0.4 is 33.0 Å². The van der Waals surface area contributed by atoms with Crippen LogP contribution in [0.15, 0.2) is 54.6 Å². The van der Waals surface area contributed by atoms with Crippen molar-refractivity contribution in [2.45, 2.75) is 37.3 Å². The van der Waals surface area contributed by atoms with Gasteiger partial charge in [-0.25, -0.2) is 5.43 Å². The molecule has 0 spiro atoms. The molecule has 0 aromatic heterocycles. The van der Waals surface area contributed by atoms with Gasteiger partial charge in [-0.1, -0.05) is 42.5 Å². The molecule has 0 aliphatic carbocycles. The molecule has 0 unspecified atom stereocenters. The molecular weight excluding hydrogens is 507 g/mol. The van der Waals surface area contributed by atoms with Crippen LogP contribution in [0.25, 0.3) is 0 Å². The highest BCUT2D eigenvalue weighted by atomic mass is 31.2. The first-order valence-corrected chi connectivity index (χ1v) is 12.6. The van der Waals surface area contributed by atoms with Gasteiger partial charge in [-0.3, -0.25) is 29.2 Å². The summed E-state index contributed by atoms with van der Waals surface area (Å²) in [5, 5.41) is 13.4. The Labute approximate surface area is 211 Å². The van der Waals surface area contributed by atoms with E-state index in [-0.39, 0.29) is 18.7 Å². The van der Waals surface area contributed by atoms with Crippen LogP contribution in [0, 0.1) is 0 Å². The van der Waals surface area contributed by atoms with Crippen molar-refractivity contribution in [3.05, 3.63) is 65.7 Å². The van der Waals surface area contributed by atoms with Gasteiger partial charge in [0, 0.05) is 6.54 Å². The van der Waals surface area contributed by atoms with Gasteiger partial charge in [0.25, 0.3) is 5.91 Å². The van der Waals surface area contributed by atoms with E-state index in [1.165, 1.54) is 12.1 Å². The summed E-state index contributed by atoms with van der Waals surface area (Å²) in [4.78, 5) is 67.8. The van der Waals surface area contributed by atoms with Crippen LogP contribution in [0.3, 0.4) is 0 Å². The molecule has 0 fully saturated rings. The van der Waals surface area contributed by atoms with E-state index in [4.69, 9.17) is 11.5 Å². The fraction of sp³-hybridized carbons (Fsp3) is 0.273. The lowest BCUT2D eigenvalue weighted by Gasteiger charge is -2.25. The smallest absolute Gasteiger partial charge is 0.357 e. The second-order valence-electron chi connectivity index (χ2n) is 8.04. The standard InChI is InChI=1S/C22H29N6O8P/c23-18(30)11-16(19(24)31)26-21(33)22(37(34,35)36)27-20(32)17(10-13-6-8-15(29)9-7-13)28-25-12-14-4-2-1-3-5-14/h1-9,16-17,22,25,28-29H,10-12H2,(H2,23,30)(H2,24,31)(H,26,33)(H,27,32)(H2,34,35,36)/t16-,17-,22-/m0/s1. The van der Waals surface area contributed by atoms with E-state index in [1.54, 1.807) is 12.1 Å². The zero-order valence-electron chi connectivity index (χ0n) is 19.5. The third kappa shape index (κ3) is 9.99. The van der Waals surface area contributed by atoms with E-state index >= 15 is 0 Å². The second-order valence-corrected chi connectivity index (χ2v) is 9.74. The van der Waals surface area contributed by atoms with Gasteiger partial charge in [0.15, 0.2) is 0 Å². The number of phenolic OH excluding ortho intramolecular Hbond substituents is 1. The molecule has 0 bridgehead atoms. The van der Waals surface area contributed by atoms with Crippen LogP contribution in [0.5, 0.6) is 5.75 Å². The summed E-state index contributed by atoms with van der Waals surface area (Å²) in [6.07, 6.45) is -0.716. The van der Waals surface area contributed by atoms with Crippen LogP contribution in [-0.2, 0) is 36.7 Å². The molecule has 15 heteroatoms. The van der Waals surface area contributed by atoms with E-state index in [0.29, 0.717) is 5.56 Å². The number of rotatable bonds is 14. The minimum Gasteiger partial charge on any atom is -0.508 e. The van der Waals surface area contributed by atoms with Crippen molar-refractivity contribution in [2.24, 2.45) is 11.5 Å². The molecule has 37 heavy (non-hydrogen) atoms. The normalized spacial score (nSPS) is 13.7. The maximum Gasteiger partial charge on any atom is 0.357 e. The highest BCUT2D eigenvalue weighted by Crippen LogP contribution is 2.39. The van der Waals surface area contributed by atoms with Crippen LogP contribution in [-0.4, -0.2) is 56.4 Å². The average Bonchev–Trinajstić information content (AvgIpc) is 2.82. The minimum absolute atomic E-state index is 0.00175. The quantitative estimate of drug-likeness (QED) is 0.0955. The molecule has 0 radical (unpaired) electrons. The predicted octanol–water partition coefficient (Wildman–Crippen LogP) is -1.94. The lowest BCUT2D eigenvalue weighted by molar-refractivity contribution is -0.131. The van der Waals surface area contributed by atoms with Gasteiger partial charge in [0.05, 0.1) is 6.42 Å². The molecule has 0 saturated heterocycles. The van der Waals surface area contributed by atoms with Crippen molar-refractivity contribution in [3.8, 4) is 5.75 Å². The van der Waals surface area contributed by atoms with E-state index in [1.807, 2.05) is 41.0 Å². The largest absolute Gasteiger partial charge is 0.508 e. The Morgan fingerprint density at radius 1 is 0.838 bits per heavy atom. The molecule has 2 aromatic rings. The summed E-state index contributed by atoms with van der Waals surface area (Å²) in [6.45, 7) is 0.288. The van der Waals surface area contributed by atoms with Crippen LogP contribution in [0.2, 0.25) is 0 Å². The summed E-state index contributed by atoms with van der Waals surface area (Å²) in [5.74, 6) is -6.97. The van der Waals surface area contributed by atoms with E-state index in [9.17, 15) is 38.6 Å². The van der Waals surface area contributed by atoms with Gasteiger partial charge in [-0.05, 0) is 29.7 Å². The van der Waals surface area contributed by atoms with Gasteiger partial charge in [0.2, 0.25) is 23.5 Å². The summed E-state index contributed by atoms with van der Waals surface area (Å²) in [6, 6.07) is 12.2. The maximum atomic E-state index is 13.1. The molecule has 2 rings (SSSR count). The van der Waals surface area contributed by atoms with Crippen molar-refractivity contribution in [1.29, 1.82) is 0 Å². The van der Waals surface area contributed by atoms with Crippen molar-refractivity contribution < 1.29 is 38.6 Å². The number of hydrazine groups is 1. The van der Waals surface area contributed by atoms with Crippen molar-refractivity contribution >= 4 is 31.2 Å². The first kappa shape index (κ1) is 29.4. The summed E-state index contributed by atoms with van der Waals surface area (Å²) in [5.41, 5.74) is 17.2. The summed E-state index contributed by atoms with van der Waals surface area (Å²) in [7, 11) is -5.30. The first-order valence-electron chi connectivity index (χ1n) is 10.9. The number of aromatic hydroxyl groups is 1. The highest BCUT2D eigenvalue weighted by molar-refractivity contribution is 7.53. The Balaban J connectivity index is 2.20. The third-order valence-electron chi connectivity index (χ3n) is 5.03. The SMILES string of the molecule is NC(=O)C[C@H](NC(=O)[C@@H](NC(=O)[C@H](Cc1ccc(O)cc1)NNCc1ccccc1)P(=O)(O)O)C(N)=O. The molecule has 0 saturated carbocycles. The Hall–Kier alpha value is -3.81.